The second-order valence-electron chi connectivity index (χ2n) is 5.22. The highest BCUT2D eigenvalue weighted by Gasteiger charge is 2.49. The predicted octanol–water partition coefficient (Wildman–Crippen LogP) is 2.43. The van der Waals surface area contributed by atoms with Crippen molar-refractivity contribution in [1.29, 1.82) is 0 Å². The van der Waals surface area contributed by atoms with Crippen LogP contribution in [0.5, 0.6) is 0 Å². The molecule has 0 bridgehead atoms. The quantitative estimate of drug-likeness (QED) is 0.775. The molecular weight excluding hydrogens is 256 g/mol. The van der Waals surface area contributed by atoms with E-state index < -0.39 is 5.54 Å². The van der Waals surface area contributed by atoms with Gasteiger partial charge in [0.05, 0.1) is 0 Å². The smallest absolute Gasteiger partial charge is 0.325 e. The number of allylic oxidation sites excluding steroid dienone is 3. The van der Waals surface area contributed by atoms with Crippen LogP contribution in [0.2, 0.25) is 0 Å². The van der Waals surface area contributed by atoms with E-state index >= 15 is 0 Å². The van der Waals surface area contributed by atoms with Gasteiger partial charge in [-0.15, -0.1) is 0 Å². The Bertz CT molecular complexity index is 519. The van der Waals surface area contributed by atoms with Crippen molar-refractivity contribution in [3.8, 4) is 0 Å². The van der Waals surface area contributed by atoms with Crippen LogP contribution in [0.25, 0.3) is 0 Å². The fourth-order valence-electron chi connectivity index (χ4n) is 2.40. The van der Waals surface area contributed by atoms with E-state index in [2.05, 4.69) is 5.32 Å². The van der Waals surface area contributed by atoms with Crippen molar-refractivity contribution in [2.45, 2.75) is 38.6 Å². The van der Waals surface area contributed by atoms with E-state index in [0.717, 1.165) is 12.8 Å². The third-order valence-corrected chi connectivity index (χ3v) is 3.69. The zero-order chi connectivity index (χ0) is 14.8. The Labute approximate surface area is 118 Å². The zero-order valence-electron chi connectivity index (χ0n) is 11.8. The first-order valence-electron chi connectivity index (χ1n) is 6.91. The predicted molar refractivity (Wildman–Crippen MR) is 76.1 cm³/mol. The summed E-state index contributed by atoms with van der Waals surface area (Å²) in [6, 6.07) is -0.346. The fourth-order valence-corrected chi connectivity index (χ4v) is 2.40. The van der Waals surface area contributed by atoms with Gasteiger partial charge in [-0.2, -0.15) is 0 Å². The van der Waals surface area contributed by atoms with Crippen molar-refractivity contribution in [1.82, 2.24) is 10.2 Å². The lowest BCUT2D eigenvalue weighted by molar-refractivity contribution is -0.129. The van der Waals surface area contributed by atoms with Crippen LogP contribution in [0, 0.1) is 0 Å². The number of aliphatic hydroxyl groups excluding tert-OH is 1. The first-order valence-corrected chi connectivity index (χ1v) is 6.91. The molecule has 1 atom stereocenters. The number of nitrogens with one attached hydrogen (secondary N) is 1. The van der Waals surface area contributed by atoms with Gasteiger partial charge in [-0.1, -0.05) is 25.5 Å². The Morgan fingerprint density at radius 1 is 1.35 bits per heavy atom. The number of aliphatic hydroxyl groups is 1. The van der Waals surface area contributed by atoms with E-state index in [9.17, 15) is 14.7 Å². The largest absolute Gasteiger partial charge is 0.508 e. The molecule has 0 saturated carbocycles. The summed E-state index contributed by atoms with van der Waals surface area (Å²) in [7, 11) is 0. The number of imide groups is 1. The second kappa shape index (κ2) is 5.53. The van der Waals surface area contributed by atoms with Gasteiger partial charge in [0.2, 0.25) is 0 Å². The van der Waals surface area contributed by atoms with E-state index in [1.165, 1.54) is 11.0 Å². The highest BCUT2D eigenvalue weighted by molar-refractivity contribution is 6.09. The summed E-state index contributed by atoms with van der Waals surface area (Å²) in [5, 5.41) is 12.2. The first kappa shape index (κ1) is 14.4. The minimum atomic E-state index is -1.04. The first-order chi connectivity index (χ1) is 9.49. The zero-order valence-corrected chi connectivity index (χ0v) is 11.8. The molecule has 108 valence electrons. The number of carbonyl (C=O) groups excluding carboxylic acids is 2. The van der Waals surface area contributed by atoms with Crippen molar-refractivity contribution >= 4 is 11.9 Å². The van der Waals surface area contributed by atoms with Crippen LogP contribution in [-0.4, -0.2) is 34.0 Å². The molecule has 1 saturated heterocycles. The van der Waals surface area contributed by atoms with Crippen LogP contribution in [0.15, 0.2) is 35.6 Å². The molecule has 0 aromatic heterocycles. The number of nitrogens with zero attached hydrogens (tertiary/aromatic N) is 1. The highest BCUT2D eigenvalue weighted by Crippen LogP contribution is 2.28. The lowest BCUT2D eigenvalue weighted by atomic mass is 9.90. The summed E-state index contributed by atoms with van der Waals surface area (Å²) < 4.78 is 0. The monoisotopic (exact) mass is 276 g/mol. The van der Waals surface area contributed by atoms with E-state index in [-0.39, 0.29) is 17.7 Å². The average molecular weight is 276 g/mol. The Kier molecular flexibility index (Phi) is 3.97. The molecule has 3 amide bonds. The van der Waals surface area contributed by atoms with Gasteiger partial charge in [0.15, 0.2) is 0 Å². The van der Waals surface area contributed by atoms with Gasteiger partial charge < -0.3 is 10.4 Å². The maximum atomic E-state index is 12.5. The third-order valence-electron chi connectivity index (χ3n) is 3.69. The number of rotatable bonds is 4. The lowest BCUT2D eigenvalue weighted by Gasteiger charge is -2.23. The maximum Gasteiger partial charge on any atom is 0.325 e. The molecule has 1 aliphatic carbocycles. The van der Waals surface area contributed by atoms with Gasteiger partial charge in [-0.25, -0.2) is 4.79 Å². The molecule has 20 heavy (non-hydrogen) atoms. The fraction of sp³-hybridized carbons (Fsp3) is 0.467. The standard InChI is InChI=1S/C15H20N2O3/c1-3-4-10-17-13(19)15(2,16-14(17)20)11-6-5-7-12(18)9-8-11/h6-9,18H,3-5,10H2,1-2H3,(H,16,20). The number of carbonyl (C=O) groups is 2. The number of urea groups is 1. The molecule has 2 aliphatic rings. The van der Waals surface area contributed by atoms with Crippen LogP contribution in [0.1, 0.15) is 33.1 Å². The molecule has 1 aliphatic heterocycles. The minimum absolute atomic E-state index is 0.166. The molecule has 2 N–H and O–H groups in total. The van der Waals surface area contributed by atoms with E-state index in [1.807, 2.05) is 13.0 Å². The molecule has 0 aromatic carbocycles. The number of hydrogen-bond acceptors (Lipinski definition) is 3. The molecule has 5 heteroatoms. The average Bonchev–Trinajstić information content (AvgIpc) is 2.59. The Morgan fingerprint density at radius 2 is 2.10 bits per heavy atom. The summed E-state index contributed by atoms with van der Waals surface area (Å²) >= 11 is 0. The summed E-state index contributed by atoms with van der Waals surface area (Å²) in [5.41, 5.74) is -0.338. The number of amides is 3. The van der Waals surface area contributed by atoms with Crippen LogP contribution in [0.3, 0.4) is 0 Å². The Hall–Kier alpha value is -2.04. The van der Waals surface area contributed by atoms with E-state index in [4.69, 9.17) is 0 Å². The molecule has 1 heterocycles. The van der Waals surface area contributed by atoms with Gasteiger partial charge in [0.1, 0.15) is 11.3 Å². The van der Waals surface area contributed by atoms with Crippen LogP contribution in [-0.2, 0) is 4.79 Å². The SMILES string of the molecule is CCCCN1C(=O)NC(C)(C2=CCC=C(O)C=C2)C1=O. The van der Waals surface area contributed by atoms with Crippen LogP contribution < -0.4 is 5.32 Å². The van der Waals surface area contributed by atoms with Gasteiger partial charge in [0, 0.05) is 6.54 Å². The minimum Gasteiger partial charge on any atom is -0.508 e. The van der Waals surface area contributed by atoms with Gasteiger partial charge in [0.25, 0.3) is 5.91 Å². The normalized spacial score (nSPS) is 26.2. The number of unbranched alkanes of at least 4 members (excludes halogenated alkanes) is 1. The molecule has 0 spiro atoms. The topological polar surface area (TPSA) is 69.6 Å². The molecule has 1 fully saturated rings. The van der Waals surface area contributed by atoms with Crippen molar-refractivity contribution < 1.29 is 14.7 Å². The molecule has 5 nitrogen and oxygen atoms in total. The second-order valence-corrected chi connectivity index (χ2v) is 5.22. The number of hydrogen-bond donors (Lipinski definition) is 2. The summed E-state index contributed by atoms with van der Waals surface area (Å²) in [5.74, 6) is -0.0623. The summed E-state index contributed by atoms with van der Waals surface area (Å²) in [6.07, 6.45) is 8.98. The van der Waals surface area contributed by atoms with Crippen LogP contribution >= 0.6 is 0 Å². The highest BCUT2D eigenvalue weighted by atomic mass is 16.3. The van der Waals surface area contributed by atoms with E-state index in [1.54, 1.807) is 19.1 Å². The third kappa shape index (κ3) is 2.48. The van der Waals surface area contributed by atoms with Crippen molar-refractivity contribution in [2.24, 2.45) is 0 Å². The summed E-state index contributed by atoms with van der Waals surface area (Å²) in [6.45, 7) is 4.16. The van der Waals surface area contributed by atoms with Gasteiger partial charge in [-0.05, 0) is 37.5 Å². The molecule has 2 rings (SSSR count). The van der Waals surface area contributed by atoms with Crippen LogP contribution in [0.4, 0.5) is 4.79 Å². The lowest BCUT2D eigenvalue weighted by Crippen LogP contribution is -2.45. The molecule has 0 radical (unpaired) electrons. The molecule has 1 unspecified atom stereocenters. The maximum absolute atomic E-state index is 12.5. The Balaban J connectivity index is 2.23. The van der Waals surface area contributed by atoms with Gasteiger partial charge >= 0.3 is 6.03 Å². The van der Waals surface area contributed by atoms with Crippen molar-refractivity contribution in [2.75, 3.05) is 6.54 Å². The molecular formula is C15H20N2O3. The summed E-state index contributed by atoms with van der Waals surface area (Å²) in [4.78, 5) is 25.8. The molecule has 0 aromatic rings. The Morgan fingerprint density at radius 3 is 2.80 bits per heavy atom. The van der Waals surface area contributed by atoms with Gasteiger partial charge in [-0.3, -0.25) is 9.69 Å². The van der Waals surface area contributed by atoms with Crippen molar-refractivity contribution in [3.63, 3.8) is 0 Å². The van der Waals surface area contributed by atoms with E-state index in [0.29, 0.717) is 18.5 Å². The van der Waals surface area contributed by atoms with Crippen molar-refractivity contribution in [3.05, 3.63) is 35.6 Å².